The molecule has 0 aliphatic carbocycles. The summed E-state index contributed by atoms with van der Waals surface area (Å²) in [5.41, 5.74) is -1.57. The lowest BCUT2D eigenvalue weighted by Gasteiger charge is -2.49. The number of esters is 3. The number of ether oxygens (including phenoxy) is 3. The first-order chi connectivity index (χ1) is 19.4. The molecule has 2 heterocycles. The van der Waals surface area contributed by atoms with Crippen LogP contribution in [-0.2, 0) is 37.8 Å². The smallest absolute Gasteiger partial charge is 0.400 e. The summed E-state index contributed by atoms with van der Waals surface area (Å²) in [6.45, 7) is 21.1. The predicted octanol–water partition coefficient (Wildman–Crippen LogP) is 5.13. The molecule has 0 unspecified atom stereocenters. The Labute approximate surface area is 258 Å². The second-order valence-electron chi connectivity index (χ2n) is 14.2. The number of nitrogens with zero attached hydrogens (tertiary/aromatic N) is 1. The fraction of sp³-hybridized carbons (Fsp3) is 0.667. The van der Waals surface area contributed by atoms with Crippen LogP contribution in [0.3, 0.4) is 0 Å². The van der Waals surface area contributed by atoms with Gasteiger partial charge in [-0.1, -0.05) is 20.8 Å². The lowest BCUT2D eigenvalue weighted by atomic mass is 9.80. The van der Waals surface area contributed by atoms with E-state index in [2.05, 4.69) is 0 Å². The highest BCUT2D eigenvalue weighted by Gasteiger charge is 2.56. The standard InChI is InChI=1S/C30H45NO10SSi/c1-17(41-43(11,12)30(8,9)10)22-18(15-19(32)20-13-14-21(42-20)25(35)40-29(5,6)7)31(23(22)33)24(34)26(36)38-16-39-27(37)28(2,3)4/h13-14,17-18,22H,15-16H2,1-12H3/t17-,18+,22+/m0/s1. The number of carbonyl (C=O) groups is 6. The van der Waals surface area contributed by atoms with Crippen LogP contribution < -0.4 is 0 Å². The van der Waals surface area contributed by atoms with E-state index in [9.17, 15) is 28.8 Å². The molecule has 2 rings (SSSR count). The molecule has 11 nitrogen and oxygen atoms in total. The highest BCUT2D eigenvalue weighted by Crippen LogP contribution is 2.41. The zero-order valence-corrected chi connectivity index (χ0v) is 29.1. The summed E-state index contributed by atoms with van der Waals surface area (Å²) in [5.74, 6) is -5.85. The van der Waals surface area contributed by atoms with Gasteiger partial charge in [0.25, 0.3) is 0 Å². The van der Waals surface area contributed by atoms with Crippen molar-refractivity contribution < 1.29 is 47.4 Å². The summed E-state index contributed by atoms with van der Waals surface area (Å²) in [4.78, 5) is 77.9. The van der Waals surface area contributed by atoms with Gasteiger partial charge in [-0.3, -0.25) is 24.1 Å². The van der Waals surface area contributed by atoms with Crippen LogP contribution in [0.25, 0.3) is 0 Å². The van der Waals surface area contributed by atoms with Crippen LogP contribution in [0.1, 0.15) is 95.0 Å². The van der Waals surface area contributed by atoms with Gasteiger partial charge in [-0.25, -0.2) is 9.59 Å². The van der Waals surface area contributed by atoms with Crippen molar-refractivity contribution in [2.75, 3.05) is 6.79 Å². The zero-order chi connectivity index (χ0) is 33.3. The number of hydrogen-bond donors (Lipinski definition) is 0. The molecular formula is C30H45NO10SSi. The number of amides is 2. The van der Waals surface area contributed by atoms with Gasteiger partial charge in [-0.05, 0) is 78.7 Å². The largest absolute Gasteiger partial charge is 0.456 e. The normalized spacial score (nSPS) is 18.4. The molecular weight excluding hydrogens is 594 g/mol. The van der Waals surface area contributed by atoms with E-state index in [1.165, 1.54) is 12.1 Å². The van der Waals surface area contributed by atoms with Gasteiger partial charge in [0.2, 0.25) is 12.7 Å². The van der Waals surface area contributed by atoms with Crippen molar-refractivity contribution >= 4 is 55.2 Å². The third kappa shape index (κ3) is 9.05. The first-order valence-corrected chi connectivity index (χ1v) is 17.9. The van der Waals surface area contributed by atoms with E-state index in [1.54, 1.807) is 48.5 Å². The summed E-state index contributed by atoms with van der Waals surface area (Å²) in [6.07, 6.45) is -0.951. The first kappa shape index (κ1) is 36.3. The molecule has 0 bridgehead atoms. The molecule has 0 saturated carbocycles. The van der Waals surface area contributed by atoms with Crippen LogP contribution in [0.15, 0.2) is 12.1 Å². The maximum atomic E-state index is 13.4. The van der Waals surface area contributed by atoms with Gasteiger partial charge in [-0.15, -0.1) is 11.3 Å². The number of hydrogen-bond acceptors (Lipinski definition) is 11. The number of β-lactam (4-membered cyclic amide) rings is 1. The molecule has 13 heteroatoms. The van der Waals surface area contributed by atoms with Crippen molar-refractivity contribution in [3.8, 4) is 0 Å². The topological polar surface area (TPSA) is 143 Å². The van der Waals surface area contributed by atoms with E-state index in [4.69, 9.17) is 18.6 Å². The number of imide groups is 1. The molecule has 1 saturated heterocycles. The van der Waals surface area contributed by atoms with E-state index in [1.807, 2.05) is 33.9 Å². The van der Waals surface area contributed by atoms with Gasteiger partial charge in [0.15, 0.2) is 14.1 Å². The Hall–Kier alpha value is -2.90. The Morgan fingerprint density at radius 2 is 1.49 bits per heavy atom. The second-order valence-corrected chi connectivity index (χ2v) is 20.1. The molecule has 1 aromatic heterocycles. The molecule has 43 heavy (non-hydrogen) atoms. The fourth-order valence-electron chi connectivity index (χ4n) is 3.99. The molecule has 1 fully saturated rings. The quantitative estimate of drug-likeness (QED) is 0.0891. The minimum atomic E-state index is -2.35. The average molecular weight is 640 g/mol. The Bertz CT molecular complexity index is 1260. The van der Waals surface area contributed by atoms with Gasteiger partial charge in [0, 0.05) is 6.42 Å². The average Bonchev–Trinajstić information content (AvgIpc) is 3.31. The van der Waals surface area contributed by atoms with Gasteiger partial charge >= 0.3 is 23.8 Å². The van der Waals surface area contributed by atoms with Crippen molar-refractivity contribution in [3.63, 3.8) is 0 Å². The number of ketones is 1. The van der Waals surface area contributed by atoms with Crippen molar-refractivity contribution in [1.82, 2.24) is 4.90 Å². The maximum Gasteiger partial charge on any atom is 0.400 e. The molecule has 1 aliphatic heterocycles. The van der Waals surface area contributed by atoms with Crippen LogP contribution in [-0.4, -0.2) is 73.3 Å². The molecule has 0 N–H and O–H groups in total. The van der Waals surface area contributed by atoms with Gasteiger partial charge < -0.3 is 18.6 Å². The van der Waals surface area contributed by atoms with E-state index in [0.717, 1.165) is 11.3 Å². The van der Waals surface area contributed by atoms with E-state index in [-0.39, 0.29) is 21.2 Å². The van der Waals surface area contributed by atoms with Crippen molar-refractivity contribution in [1.29, 1.82) is 0 Å². The zero-order valence-electron chi connectivity index (χ0n) is 27.2. The Morgan fingerprint density at radius 1 is 0.930 bits per heavy atom. The molecule has 2 amide bonds. The first-order valence-electron chi connectivity index (χ1n) is 14.1. The van der Waals surface area contributed by atoms with Crippen LogP contribution in [0, 0.1) is 11.3 Å². The molecule has 0 radical (unpaired) electrons. The van der Waals surface area contributed by atoms with Crippen LogP contribution in [0.4, 0.5) is 0 Å². The van der Waals surface area contributed by atoms with E-state index >= 15 is 0 Å². The number of rotatable bonds is 9. The van der Waals surface area contributed by atoms with Crippen molar-refractivity contribution in [2.45, 2.75) is 112 Å². The molecule has 0 aromatic carbocycles. The maximum absolute atomic E-state index is 13.4. The molecule has 1 aromatic rings. The van der Waals surface area contributed by atoms with E-state index in [0.29, 0.717) is 4.90 Å². The third-order valence-corrected chi connectivity index (χ3v) is 13.0. The number of likely N-dealkylation sites (tertiary alicyclic amines) is 1. The lowest BCUT2D eigenvalue weighted by molar-refractivity contribution is -0.186. The van der Waals surface area contributed by atoms with Crippen LogP contribution in [0.5, 0.6) is 0 Å². The van der Waals surface area contributed by atoms with Gasteiger partial charge in [-0.2, -0.15) is 0 Å². The fourth-order valence-corrected chi connectivity index (χ4v) is 6.25. The number of Topliss-reactive ketones (excluding diaryl/α,β-unsaturated/α-hetero) is 1. The van der Waals surface area contributed by atoms with Crippen molar-refractivity contribution in [2.24, 2.45) is 11.3 Å². The minimum Gasteiger partial charge on any atom is -0.456 e. The summed E-state index contributed by atoms with van der Waals surface area (Å²) in [7, 11) is -2.35. The summed E-state index contributed by atoms with van der Waals surface area (Å²) in [6, 6.07) is 1.97. The monoisotopic (exact) mass is 639 g/mol. The minimum absolute atomic E-state index is 0.168. The number of carbonyl (C=O) groups excluding carboxylic acids is 6. The van der Waals surface area contributed by atoms with Crippen LogP contribution in [0.2, 0.25) is 18.1 Å². The van der Waals surface area contributed by atoms with E-state index < -0.39 is 79.7 Å². The SMILES string of the molecule is C[C@H](O[Si](C)(C)C(C)(C)C)[C@H]1C(=O)N(C(=O)C(=O)OCOC(=O)C(C)(C)C)[C@@H]1CC(=O)c1ccc(C(=O)OC(C)(C)C)s1. The highest BCUT2D eigenvalue weighted by atomic mass is 32.1. The predicted molar refractivity (Wildman–Crippen MR) is 162 cm³/mol. The highest BCUT2D eigenvalue weighted by molar-refractivity contribution is 7.15. The summed E-state index contributed by atoms with van der Waals surface area (Å²) >= 11 is 0.945. The summed E-state index contributed by atoms with van der Waals surface area (Å²) < 4.78 is 21.5. The van der Waals surface area contributed by atoms with Crippen molar-refractivity contribution in [3.05, 3.63) is 21.9 Å². The molecule has 240 valence electrons. The second kappa shape index (κ2) is 13.0. The van der Waals surface area contributed by atoms with Gasteiger partial charge in [0.1, 0.15) is 10.5 Å². The molecule has 1 aliphatic rings. The third-order valence-electron chi connectivity index (χ3n) is 7.32. The molecule has 0 spiro atoms. The van der Waals surface area contributed by atoms with Gasteiger partial charge in [0.05, 0.1) is 28.4 Å². The summed E-state index contributed by atoms with van der Waals surface area (Å²) in [5, 5.41) is -0.168. The molecule has 3 atom stereocenters. The Morgan fingerprint density at radius 3 is 2.00 bits per heavy atom. The van der Waals surface area contributed by atoms with Crippen LogP contribution >= 0.6 is 11.3 Å². The Balaban J connectivity index is 2.28. The lowest BCUT2D eigenvalue weighted by Crippen LogP contribution is -2.68. The number of thiophene rings is 1. The Kier molecular flexibility index (Phi) is 11.0.